The van der Waals surface area contributed by atoms with Gasteiger partial charge in [0.2, 0.25) is 15.9 Å². The number of benzene rings is 1. The smallest absolute Gasteiger partial charge is 0.243 e. The van der Waals surface area contributed by atoms with Gasteiger partial charge in [0.1, 0.15) is 0 Å². The Morgan fingerprint density at radius 3 is 2.37 bits per heavy atom. The van der Waals surface area contributed by atoms with Gasteiger partial charge in [-0.25, -0.2) is 8.42 Å². The fourth-order valence-electron chi connectivity index (χ4n) is 4.26. The van der Waals surface area contributed by atoms with Crippen molar-refractivity contribution in [3.63, 3.8) is 0 Å². The van der Waals surface area contributed by atoms with Crippen molar-refractivity contribution in [2.45, 2.75) is 63.7 Å². The first-order valence-corrected chi connectivity index (χ1v) is 11.7. The van der Waals surface area contributed by atoms with E-state index in [4.69, 9.17) is 0 Å². The fourth-order valence-corrected chi connectivity index (χ4v) is 6.00. The molecule has 1 aliphatic heterocycles. The average Bonchev–Trinajstić information content (AvgIpc) is 2.68. The average molecular weight is 393 g/mol. The second-order valence-electron chi connectivity index (χ2n) is 8.10. The summed E-state index contributed by atoms with van der Waals surface area (Å²) in [5.41, 5.74) is 1.71. The largest absolute Gasteiger partial charge is 0.340 e. The van der Waals surface area contributed by atoms with Gasteiger partial charge < -0.3 is 4.90 Å². The van der Waals surface area contributed by atoms with Gasteiger partial charge in [-0.15, -0.1) is 0 Å². The van der Waals surface area contributed by atoms with Gasteiger partial charge in [0.15, 0.2) is 0 Å². The molecule has 5 nitrogen and oxygen atoms in total. The first-order valence-electron chi connectivity index (χ1n) is 10.2. The number of rotatable bonds is 5. The van der Waals surface area contributed by atoms with Gasteiger partial charge in [-0.1, -0.05) is 44.2 Å². The van der Waals surface area contributed by atoms with E-state index in [0.717, 1.165) is 17.5 Å². The molecule has 0 aromatic heterocycles. The molecule has 2 fully saturated rings. The van der Waals surface area contributed by atoms with Crippen LogP contribution in [-0.4, -0.2) is 49.7 Å². The van der Waals surface area contributed by atoms with Crippen LogP contribution in [0.25, 0.3) is 0 Å². The molecule has 1 aliphatic carbocycles. The first kappa shape index (κ1) is 20.3. The first-order chi connectivity index (χ1) is 12.9. The second kappa shape index (κ2) is 8.74. The zero-order chi connectivity index (χ0) is 19.4. The topological polar surface area (TPSA) is 57.7 Å². The molecule has 27 heavy (non-hydrogen) atoms. The van der Waals surface area contributed by atoms with Crippen LogP contribution in [-0.2, 0) is 14.8 Å². The fraction of sp³-hybridized carbons (Fsp3) is 0.667. The van der Waals surface area contributed by atoms with Gasteiger partial charge in [0.25, 0.3) is 0 Å². The summed E-state index contributed by atoms with van der Waals surface area (Å²) < 4.78 is 27.5. The number of hydrogen-bond acceptors (Lipinski definition) is 3. The zero-order valence-corrected chi connectivity index (χ0v) is 17.4. The number of sulfonamides is 1. The molecule has 1 saturated carbocycles. The summed E-state index contributed by atoms with van der Waals surface area (Å²) in [5, 5.41) is 0. The van der Waals surface area contributed by atoms with Crippen LogP contribution in [0.4, 0.5) is 0 Å². The Labute approximate surface area is 163 Å². The van der Waals surface area contributed by atoms with Crippen LogP contribution < -0.4 is 0 Å². The Morgan fingerprint density at radius 1 is 1.04 bits per heavy atom. The predicted octanol–water partition coefficient (Wildman–Crippen LogP) is 3.50. The van der Waals surface area contributed by atoms with E-state index in [9.17, 15) is 13.2 Å². The highest BCUT2D eigenvalue weighted by molar-refractivity contribution is 7.89. The maximum atomic E-state index is 13.0. The molecular weight excluding hydrogens is 360 g/mol. The summed E-state index contributed by atoms with van der Waals surface area (Å²) >= 11 is 0. The second-order valence-corrected chi connectivity index (χ2v) is 10.0. The maximum Gasteiger partial charge on any atom is 0.243 e. The molecular formula is C21H32N2O3S. The standard InChI is InChI=1S/C21H32N2O3S/c1-17-8-9-18(2)20(16-17)27(25,26)23-14-12-22(13-15-23)21(24)11-10-19-6-4-3-5-7-19/h8-9,16,19H,3-7,10-15H2,1-2H3. The Bertz CT molecular complexity index is 762. The lowest BCUT2D eigenvalue weighted by atomic mass is 9.86. The Balaban J connectivity index is 1.54. The number of hydrogen-bond donors (Lipinski definition) is 0. The lowest BCUT2D eigenvalue weighted by molar-refractivity contribution is -0.132. The molecule has 3 rings (SSSR count). The van der Waals surface area contributed by atoms with Crippen molar-refractivity contribution in [2.75, 3.05) is 26.2 Å². The SMILES string of the molecule is Cc1ccc(C)c(S(=O)(=O)N2CCN(C(=O)CCC3CCCCC3)CC2)c1. The third-order valence-corrected chi connectivity index (χ3v) is 8.08. The summed E-state index contributed by atoms with van der Waals surface area (Å²) in [5.74, 6) is 0.887. The number of piperazine rings is 1. The van der Waals surface area contributed by atoms with Gasteiger partial charge in [-0.3, -0.25) is 4.79 Å². The highest BCUT2D eigenvalue weighted by Gasteiger charge is 2.31. The van der Waals surface area contributed by atoms with Crippen LogP contribution in [0.3, 0.4) is 0 Å². The molecule has 2 aliphatic rings. The van der Waals surface area contributed by atoms with E-state index in [1.807, 2.05) is 30.9 Å². The molecule has 1 aromatic carbocycles. The van der Waals surface area contributed by atoms with Crippen molar-refractivity contribution in [1.29, 1.82) is 0 Å². The van der Waals surface area contributed by atoms with Gasteiger partial charge >= 0.3 is 0 Å². The number of amides is 1. The minimum absolute atomic E-state index is 0.185. The molecule has 1 amide bonds. The summed E-state index contributed by atoms with van der Waals surface area (Å²) in [6, 6.07) is 5.52. The van der Waals surface area contributed by atoms with E-state index in [1.165, 1.54) is 36.4 Å². The van der Waals surface area contributed by atoms with Crippen molar-refractivity contribution in [3.8, 4) is 0 Å². The van der Waals surface area contributed by atoms with Gasteiger partial charge in [-0.2, -0.15) is 4.31 Å². The number of carbonyl (C=O) groups excluding carboxylic acids is 1. The van der Waals surface area contributed by atoms with Crippen molar-refractivity contribution < 1.29 is 13.2 Å². The highest BCUT2D eigenvalue weighted by Crippen LogP contribution is 2.28. The van der Waals surface area contributed by atoms with Gasteiger partial charge in [0.05, 0.1) is 4.90 Å². The van der Waals surface area contributed by atoms with Crippen molar-refractivity contribution in [3.05, 3.63) is 29.3 Å². The zero-order valence-electron chi connectivity index (χ0n) is 16.6. The molecule has 150 valence electrons. The summed E-state index contributed by atoms with van der Waals surface area (Å²) in [4.78, 5) is 14.8. The van der Waals surface area contributed by atoms with Crippen LogP contribution in [0.2, 0.25) is 0 Å². The van der Waals surface area contributed by atoms with E-state index in [0.29, 0.717) is 43.4 Å². The van der Waals surface area contributed by atoms with E-state index in [-0.39, 0.29) is 5.91 Å². The van der Waals surface area contributed by atoms with Crippen LogP contribution in [0, 0.1) is 19.8 Å². The van der Waals surface area contributed by atoms with Crippen LogP contribution >= 0.6 is 0 Å². The van der Waals surface area contributed by atoms with Crippen molar-refractivity contribution >= 4 is 15.9 Å². The van der Waals surface area contributed by atoms with Crippen LogP contribution in [0.1, 0.15) is 56.1 Å². The molecule has 0 spiro atoms. The highest BCUT2D eigenvalue weighted by atomic mass is 32.2. The van der Waals surface area contributed by atoms with Crippen molar-refractivity contribution in [2.24, 2.45) is 5.92 Å². The van der Waals surface area contributed by atoms with Crippen LogP contribution in [0.5, 0.6) is 0 Å². The minimum atomic E-state index is -3.50. The quantitative estimate of drug-likeness (QED) is 0.771. The number of nitrogens with zero attached hydrogens (tertiary/aromatic N) is 2. The molecule has 1 heterocycles. The Kier molecular flexibility index (Phi) is 6.58. The molecule has 0 atom stereocenters. The molecule has 0 unspecified atom stereocenters. The molecule has 1 aromatic rings. The number of aryl methyl sites for hydroxylation is 2. The Hall–Kier alpha value is -1.40. The summed E-state index contributed by atoms with van der Waals surface area (Å²) in [7, 11) is -3.50. The molecule has 0 N–H and O–H groups in total. The summed E-state index contributed by atoms with van der Waals surface area (Å²) in [6.07, 6.45) is 8.04. The molecule has 6 heteroatoms. The third kappa shape index (κ3) is 4.91. The normalized spacial score (nSPS) is 20.0. The van der Waals surface area contributed by atoms with E-state index in [2.05, 4.69) is 0 Å². The number of carbonyl (C=O) groups is 1. The monoisotopic (exact) mass is 392 g/mol. The summed E-state index contributed by atoms with van der Waals surface area (Å²) in [6.45, 7) is 5.48. The van der Waals surface area contributed by atoms with E-state index in [1.54, 1.807) is 6.07 Å². The minimum Gasteiger partial charge on any atom is -0.340 e. The van der Waals surface area contributed by atoms with Gasteiger partial charge in [-0.05, 0) is 43.4 Å². The lowest BCUT2D eigenvalue weighted by Gasteiger charge is -2.34. The van der Waals surface area contributed by atoms with E-state index < -0.39 is 10.0 Å². The molecule has 1 saturated heterocycles. The molecule has 0 radical (unpaired) electrons. The van der Waals surface area contributed by atoms with Gasteiger partial charge in [0, 0.05) is 32.6 Å². The van der Waals surface area contributed by atoms with E-state index >= 15 is 0 Å². The maximum absolute atomic E-state index is 13.0. The predicted molar refractivity (Wildman–Crippen MR) is 107 cm³/mol. The Morgan fingerprint density at radius 2 is 1.70 bits per heavy atom. The van der Waals surface area contributed by atoms with Crippen molar-refractivity contribution in [1.82, 2.24) is 9.21 Å². The van der Waals surface area contributed by atoms with Crippen LogP contribution in [0.15, 0.2) is 23.1 Å². The third-order valence-electron chi connectivity index (χ3n) is 6.04. The lowest BCUT2D eigenvalue weighted by Crippen LogP contribution is -2.50. The molecule has 0 bridgehead atoms.